The zero-order valence-corrected chi connectivity index (χ0v) is 7.89. The number of nitrogens with two attached hydrogens (primary N) is 1. The van der Waals surface area contributed by atoms with E-state index < -0.39 is 0 Å². The van der Waals surface area contributed by atoms with Crippen LogP contribution in [0.15, 0.2) is 30.3 Å². The average molecular weight is 191 g/mol. The highest BCUT2D eigenvalue weighted by Crippen LogP contribution is 2.20. The van der Waals surface area contributed by atoms with Crippen LogP contribution in [0.25, 0.3) is 0 Å². The van der Waals surface area contributed by atoms with E-state index in [1.54, 1.807) is 18.5 Å². The highest BCUT2D eigenvalue weighted by Gasteiger charge is 2.17. The molecule has 0 bridgehead atoms. The Morgan fingerprint density at radius 2 is 2.14 bits per heavy atom. The van der Waals surface area contributed by atoms with E-state index in [4.69, 9.17) is 10.5 Å². The number of hydrogen-bond acceptors (Lipinski definition) is 4. The molecule has 4 nitrogen and oxygen atoms in total. The molecule has 1 aliphatic rings. The molecule has 0 fully saturated rings. The van der Waals surface area contributed by atoms with Crippen molar-refractivity contribution in [3.63, 3.8) is 0 Å². The third-order valence-corrected chi connectivity index (χ3v) is 2.13. The molecule has 0 radical (unpaired) electrons. The average Bonchev–Trinajstić information content (AvgIpc) is 2.30. The molecule has 0 aliphatic carbocycles. The second-order valence-electron chi connectivity index (χ2n) is 3.18. The second-order valence-corrected chi connectivity index (χ2v) is 3.18. The van der Waals surface area contributed by atoms with Gasteiger partial charge in [-0.05, 0) is 25.0 Å². The van der Waals surface area contributed by atoms with E-state index in [2.05, 4.69) is 9.97 Å². The van der Waals surface area contributed by atoms with Crippen LogP contribution in [0.2, 0.25) is 0 Å². The van der Waals surface area contributed by atoms with Crippen molar-refractivity contribution in [2.45, 2.75) is 18.9 Å². The molecule has 0 saturated heterocycles. The normalized spacial score (nSPS) is 18.2. The van der Waals surface area contributed by atoms with Crippen LogP contribution in [0, 0.1) is 0 Å². The largest absolute Gasteiger partial charge is 0.496 e. The molecule has 0 spiro atoms. The van der Waals surface area contributed by atoms with Gasteiger partial charge in [-0.25, -0.2) is 9.97 Å². The minimum absolute atomic E-state index is 0.323. The number of allylic oxidation sites excluding steroid dienone is 1. The SMILES string of the molecule is NC(C1=CCCCO1)c1ncccn1. The minimum Gasteiger partial charge on any atom is -0.496 e. The Kier molecular flexibility index (Phi) is 2.74. The lowest BCUT2D eigenvalue weighted by Gasteiger charge is -2.19. The van der Waals surface area contributed by atoms with Crippen molar-refractivity contribution in [1.82, 2.24) is 9.97 Å². The van der Waals surface area contributed by atoms with E-state index >= 15 is 0 Å². The van der Waals surface area contributed by atoms with E-state index in [1.165, 1.54) is 0 Å². The van der Waals surface area contributed by atoms with Crippen molar-refractivity contribution >= 4 is 0 Å². The van der Waals surface area contributed by atoms with Gasteiger partial charge in [-0.1, -0.05) is 0 Å². The highest BCUT2D eigenvalue weighted by atomic mass is 16.5. The van der Waals surface area contributed by atoms with Gasteiger partial charge < -0.3 is 10.5 Å². The first-order valence-corrected chi connectivity index (χ1v) is 4.73. The lowest BCUT2D eigenvalue weighted by molar-refractivity contribution is 0.174. The zero-order valence-electron chi connectivity index (χ0n) is 7.89. The third-order valence-electron chi connectivity index (χ3n) is 2.13. The van der Waals surface area contributed by atoms with Crippen molar-refractivity contribution in [2.75, 3.05) is 6.61 Å². The van der Waals surface area contributed by atoms with E-state index in [0.29, 0.717) is 5.82 Å². The van der Waals surface area contributed by atoms with Crippen LogP contribution in [0.4, 0.5) is 0 Å². The summed E-state index contributed by atoms with van der Waals surface area (Å²) in [6.45, 7) is 0.742. The van der Waals surface area contributed by atoms with Gasteiger partial charge in [-0.3, -0.25) is 0 Å². The molecule has 2 rings (SSSR count). The third kappa shape index (κ3) is 1.90. The first-order chi connectivity index (χ1) is 6.88. The van der Waals surface area contributed by atoms with Gasteiger partial charge >= 0.3 is 0 Å². The molecule has 2 N–H and O–H groups in total. The summed E-state index contributed by atoms with van der Waals surface area (Å²) < 4.78 is 5.45. The van der Waals surface area contributed by atoms with Gasteiger partial charge in [0.2, 0.25) is 0 Å². The first kappa shape index (κ1) is 9.15. The standard InChI is InChI=1S/C10H13N3O/c11-9(8-4-1-2-7-14-8)10-12-5-3-6-13-10/h3-6,9H,1-2,7,11H2. The summed E-state index contributed by atoms with van der Waals surface area (Å²) in [6.07, 6.45) is 7.48. The first-order valence-electron chi connectivity index (χ1n) is 4.73. The summed E-state index contributed by atoms with van der Waals surface area (Å²) in [6, 6.07) is 1.45. The summed E-state index contributed by atoms with van der Waals surface area (Å²) in [5.41, 5.74) is 5.95. The number of aromatic nitrogens is 2. The van der Waals surface area contributed by atoms with E-state index in [1.807, 2.05) is 6.08 Å². The molecule has 1 atom stereocenters. The van der Waals surface area contributed by atoms with Crippen molar-refractivity contribution < 1.29 is 4.74 Å². The molecule has 4 heteroatoms. The zero-order chi connectivity index (χ0) is 9.80. The van der Waals surface area contributed by atoms with Gasteiger partial charge in [0.25, 0.3) is 0 Å². The van der Waals surface area contributed by atoms with E-state index in [0.717, 1.165) is 25.2 Å². The Labute approximate surface area is 82.8 Å². The predicted octanol–water partition coefficient (Wildman–Crippen LogP) is 1.17. The number of ether oxygens (including phenoxy) is 1. The Morgan fingerprint density at radius 3 is 2.79 bits per heavy atom. The van der Waals surface area contributed by atoms with Crippen molar-refractivity contribution in [2.24, 2.45) is 5.73 Å². The van der Waals surface area contributed by atoms with Crippen molar-refractivity contribution in [3.05, 3.63) is 36.1 Å². The van der Waals surface area contributed by atoms with Crippen molar-refractivity contribution in [3.8, 4) is 0 Å². The molecule has 1 aromatic rings. The molecule has 0 saturated carbocycles. The fraction of sp³-hybridized carbons (Fsp3) is 0.400. The summed E-state index contributed by atoms with van der Waals surface area (Å²) in [7, 11) is 0. The van der Waals surface area contributed by atoms with Crippen LogP contribution >= 0.6 is 0 Å². The van der Waals surface area contributed by atoms with Gasteiger partial charge in [-0.15, -0.1) is 0 Å². The van der Waals surface area contributed by atoms with Crippen LogP contribution in [-0.2, 0) is 4.74 Å². The molecule has 74 valence electrons. The van der Waals surface area contributed by atoms with E-state index in [9.17, 15) is 0 Å². The fourth-order valence-electron chi connectivity index (χ4n) is 1.39. The monoisotopic (exact) mass is 191 g/mol. The minimum atomic E-state index is -0.323. The topological polar surface area (TPSA) is 61.0 Å². The number of hydrogen-bond donors (Lipinski definition) is 1. The van der Waals surface area contributed by atoms with Crippen LogP contribution < -0.4 is 5.73 Å². The molecular formula is C10H13N3O. The fourth-order valence-corrected chi connectivity index (χ4v) is 1.39. The molecule has 1 aliphatic heterocycles. The van der Waals surface area contributed by atoms with Crippen LogP contribution in [0.5, 0.6) is 0 Å². The van der Waals surface area contributed by atoms with Gasteiger partial charge in [-0.2, -0.15) is 0 Å². The van der Waals surface area contributed by atoms with Gasteiger partial charge in [0.15, 0.2) is 5.82 Å². The van der Waals surface area contributed by atoms with Gasteiger partial charge in [0.1, 0.15) is 11.8 Å². The Bertz CT molecular complexity index is 323. The van der Waals surface area contributed by atoms with Gasteiger partial charge in [0, 0.05) is 12.4 Å². The van der Waals surface area contributed by atoms with Crippen molar-refractivity contribution in [1.29, 1.82) is 0 Å². The Morgan fingerprint density at radius 1 is 1.36 bits per heavy atom. The molecule has 1 aromatic heterocycles. The van der Waals surface area contributed by atoms with E-state index in [-0.39, 0.29) is 6.04 Å². The molecule has 0 aromatic carbocycles. The maximum atomic E-state index is 5.95. The maximum absolute atomic E-state index is 5.95. The number of rotatable bonds is 2. The lowest BCUT2D eigenvalue weighted by Crippen LogP contribution is -2.20. The van der Waals surface area contributed by atoms with Crippen LogP contribution in [-0.4, -0.2) is 16.6 Å². The molecular weight excluding hydrogens is 178 g/mol. The summed E-state index contributed by atoms with van der Waals surface area (Å²) >= 11 is 0. The summed E-state index contributed by atoms with van der Waals surface area (Å²) in [4.78, 5) is 8.19. The quantitative estimate of drug-likeness (QED) is 0.762. The summed E-state index contributed by atoms with van der Waals surface area (Å²) in [5, 5.41) is 0. The Balaban J connectivity index is 2.15. The molecule has 2 heterocycles. The Hall–Kier alpha value is -1.42. The molecule has 1 unspecified atom stereocenters. The van der Waals surface area contributed by atoms with Crippen LogP contribution in [0.1, 0.15) is 24.7 Å². The highest BCUT2D eigenvalue weighted by molar-refractivity contribution is 5.12. The summed E-state index contributed by atoms with van der Waals surface area (Å²) in [5.74, 6) is 1.41. The molecule has 0 amide bonds. The second kappa shape index (κ2) is 4.19. The van der Waals surface area contributed by atoms with Crippen LogP contribution in [0.3, 0.4) is 0 Å². The predicted molar refractivity (Wildman–Crippen MR) is 52.2 cm³/mol. The maximum Gasteiger partial charge on any atom is 0.152 e. The lowest BCUT2D eigenvalue weighted by atomic mass is 10.1. The van der Waals surface area contributed by atoms with Gasteiger partial charge in [0.05, 0.1) is 6.61 Å². The number of nitrogens with zero attached hydrogens (tertiary/aromatic N) is 2. The smallest absolute Gasteiger partial charge is 0.152 e. The molecule has 14 heavy (non-hydrogen) atoms.